The molecule has 2 rings (SSSR count). The van der Waals surface area contributed by atoms with Gasteiger partial charge in [0.15, 0.2) is 17.2 Å². The number of hydrogen-bond donors (Lipinski definition) is 4. The van der Waals surface area contributed by atoms with Gasteiger partial charge in [-0.2, -0.15) is 9.36 Å². The van der Waals surface area contributed by atoms with E-state index in [0.29, 0.717) is 0 Å². The molecule has 0 saturated carbocycles. The van der Waals surface area contributed by atoms with Crippen LogP contribution in [0.25, 0.3) is 0 Å². The maximum Gasteiger partial charge on any atom is 0.377 e. The number of aromatic hydroxyl groups is 3. The first-order chi connectivity index (χ1) is 9.92. The molecular formula is C11H9N3O6S. The van der Waals surface area contributed by atoms with Crippen LogP contribution in [0.5, 0.6) is 17.2 Å². The molecule has 0 spiro atoms. The van der Waals surface area contributed by atoms with E-state index >= 15 is 0 Å². The Balaban J connectivity index is 2.18. The Hall–Kier alpha value is -2.88. The molecule has 0 fully saturated rings. The molecule has 1 heterocycles. The van der Waals surface area contributed by atoms with Crippen molar-refractivity contribution in [1.82, 2.24) is 9.36 Å². The number of hydrogen-bond acceptors (Lipinski definition) is 9. The summed E-state index contributed by atoms with van der Waals surface area (Å²) in [6, 6.07) is 1.93. The number of nitrogens with zero attached hydrogens (tertiary/aromatic N) is 2. The van der Waals surface area contributed by atoms with E-state index in [-0.39, 0.29) is 16.5 Å². The number of benzene rings is 1. The van der Waals surface area contributed by atoms with Crippen molar-refractivity contribution < 1.29 is 29.6 Å². The average Bonchev–Trinajstić information content (AvgIpc) is 2.91. The predicted molar refractivity (Wildman–Crippen MR) is 70.6 cm³/mol. The van der Waals surface area contributed by atoms with E-state index in [2.05, 4.69) is 19.4 Å². The van der Waals surface area contributed by atoms with Crippen molar-refractivity contribution in [2.24, 2.45) is 0 Å². The fourth-order valence-corrected chi connectivity index (χ4v) is 1.91. The molecule has 0 atom stereocenters. The Bertz CT molecular complexity index is 691. The van der Waals surface area contributed by atoms with Crippen LogP contribution in [0, 0.1) is 0 Å². The number of anilines is 1. The van der Waals surface area contributed by atoms with E-state index in [4.69, 9.17) is 0 Å². The molecule has 1 amide bonds. The molecule has 0 unspecified atom stereocenters. The molecule has 110 valence electrons. The lowest BCUT2D eigenvalue weighted by atomic mass is 10.1. The Morgan fingerprint density at radius 1 is 1.24 bits per heavy atom. The van der Waals surface area contributed by atoms with Gasteiger partial charge in [-0.05, 0) is 12.1 Å². The molecule has 10 heteroatoms. The first-order valence-electron chi connectivity index (χ1n) is 5.40. The topological polar surface area (TPSA) is 142 Å². The van der Waals surface area contributed by atoms with Gasteiger partial charge in [0.25, 0.3) is 11.7 Å². The molecule has 0 aliphatic heterocycles. The second kappa shape index (κ2) is 5.63. The summed E-state index contributed by atoms with van der Waals surface area (Å²) in [6.45, 7) is 0. The molecule has 2 aromatic rings. The SMILES string of the molecule is COC(=O)c1nsc(NC(=O)c2cc(O)c(O)c(O)c2)n1. The van der Waals surface area contributed by atoms with Gasteiger partial charge in [0.2, 0.25) is 5.13 Å². The number of phenolic OH excluding ortho intramolecular Hbond substituents is 3. The summed E-state index contributed by atoms with van der Waals surface area (Å²) >= 11 is 0.760. The summed E-state index contributed by atoms with van der Waals surface area (Å²) in [4.78, 5) is 26.8. The van der Waals surface area contributed by atoms with Crippen LogP contribution >= 0.6 is 11.5 Å². The summed E-state index contributed by atoms with van der Waals surface area (Å²) in [5.41, 5.74) is -0.113. The van der Waals surface area contributed by atoms with Crippen LogP contribution in [0.3, 0.4) is 0 Å². The maximum absolute atomic E-state index is 11.9. The zero-order chi connectivity index (χ0) is 15.6. The second-order valence-corrected chi connectivity index (χ2v) is 4.48. The summed E-state index contributed by atoms with van der Waals surface area (Å²) in [5.74, 6) is -3.68. The molecule has 1 aromatic carbocycles. The van der Waals surface area contributed by atoms with Crippen LogP contribution in [-0.2, 0) is 4.74 Å². The quantitative estimate of drug-likeness (QED) is 0.479. The number of carbonyl (C=O) groups excluding carboxylic acids is 2. The van der Waals surface area contributed by atoms with Gasteiger partial charge < -0.3 is 20.1 Å². The third-order valence-corrected chi connectivity index (χ3v) is 2.98. The van der Waals surface area contributed by atoms with Crippen LogP contribution in [-0.4, -0.2) is 43.7 Å². The number of carbonyl (C=O) groups is 2. The van der Waals surface area contributed by atoms with Crippen molar-refractivity contribution in [3.05, 3.63) is 23.5 Å². The number of nitrogens with one attached hydrogen (secondary N) is 1. The van der Waals surface area contributed by atoms with Crippen LogP contribution in [0.2, 0.25) is 0 Å². The Labute approximate surface area is 121 Å². The lowest BCUT2D eigenvalue weighted by Crippen LogP contribution is -2.12. The Morgan fingerprint density at radius 3 is 2.43 bits per heavy atom. The van der Waals surface area contributed by atoms with Crippen LogP contribution in [0.1, 0.15) is 21.0 Å². The zero-order valence-electron chi connectivity index (χ0n) is 10.5. The molecule has 0 radical (unpaired) electrons. The molecule has 4 N–H and O–H groups in total. The third-order valence-electron chi connectivity index (χ3n) is 2.35. The molecule has 0 saturated heterocycles. The van der Waals surface area contributed by atoms with Gasteiger partial charge in [-0.15, -0.1) is 0 Å². The highest BCUT2D eigenvalue weighted by Crippen LogP contribution is 2.35. The number of ether oxygens (including phenoxy) is 1. The van der Waals surface area contributed by atoms with Crippen molar-refractivity contribution in [3.8, 4) is 17.2 Å². The summed E-state index contributed by atoms with van der Waals surface area (Å²) in [6.07, 6.45) is 0. The smallest absolute Gasteiger partial charge is 0.377 e. The molecule has 9 nitrogen and oxygen atoms in total. The molecule has 0 bridgehead atoms. The number of aromatic nitrogens is 2. The second-order valence-electron chi connectivity index (χ2n) is 3.73. The lowest BCUT2D eigenvalue weighted by molar-refractivity contribution is 0.0588. The Kier molecular flexibility index (Phi) is 3.89. The fourth-order valence-electron chi connectivity index (χ4n) is 1.35. The number of phenols is 3. The first-order valence-corrected chi connectivity index (χ1v) is 6.18. The highest BCUT2D eigenvalue weighted by molar-refractivity contribution is 7.10. The average molecular weight is 311 g/mol. The largest absolute Gasteiger partial charge is 0.504 e. The van der Waals surface area contributed by atoms with Crippen molar-refractivity contribution >= 4 is 28.5 Å². The van der Waals surface area contributed by atoms with Gasteiger partial charge in [-0.25, -0.2) is 4.79 Å². The third kappa shape index (κ3) is 3.00. The van der Waals surface area contributed by atoms with E-state index in [9.17, 15) is 24.9 Å². The van der Waals surface area contributed by atoms with E-state index in [1.54, 1.807) is 0 Å². The van der Waals surface area contributed by atoms with Crippen LogP contribution in [0.15, 0.2) is 12.1 Å². The van der Waals surface area contributed by atoms with Gasteiger partial charge in [-0.3, -0.25) is 10.1 Å². The maximum atomic E-state index is 11.9. The van der Waals surface area contributed by atoms with Crippen molar-refractivity contribution in [2.45, 2.75) is 0 Å². The first kappa shape index (κ1) is 14.5. The van der Waals surface area contributed by atoms with E-state index < -0.39 is 29.1 Å². The van der Waals surface area contributed by atoms with Gasteiger partial charge in [0.1, 0.15) is 0 Å². The zero-order valence-corrected chi connectivity index (χ0v) is 11.3. The fraction of sp³-hybridized carbons (Fsp3) is 0.0909. The normalized spacial score (nSPS) is 10.1. The van der Waals surface area contributed by atoms with Crippen molar-refractivity contribution in [2.75, 3.05) is 12.4 Å². The molecule has 21 heavy (non-hydrogen) atoms. The highest BCUT2D eigenvalue weighted by Gasteiger charge is 2.17. The number of rotatable bonds is 3. The van der Waals surface area contributed by atoms with Crippen molar-refractivity contribution in [3.63, 3.8) is 0 Å². The minimum Gasteiger partial charge on any atom is -0.504 e. The molecular weight excluding hydrogens is 302 g/mol. The van der Waals surface area contributed by atoms with Crippen LogP contribution in [0.4, 0.5) is 5.13 Å². The minimum absolute atomic E-state index is 0.0347. The standard InChI is InChI=1S/C11H9N3O6S/c1-20-10(19)8-12-11(21-14-8)13-9(18)4-2-5(15)7(17)6(16)3-4/h2-3,15-17H,1H3,(H,12,13,14,18). The monoisotopic (exact) mass is 311 g/mol. The van der Waals surface area contributed by atoms with E-state index in [1.807, 2.05) is 0 Å². The Morgan fingerprint density at radius 2 is 1.86 bits per heavy atom. The number of esters is 1. The molecule has 0 aliphatic rings. The van der Waals surface area contributed by atoms with E-state index in [1.165, 1.54) is 7.11 Å². The lowest BCUT2D eigenvalue weighted by Gasteiger charge is -2.05. The van der Waals surface area contributed by atoms with Gasteiger partial charge >= 0.3 is 5.97 Å². The van der Waals surface area contributed by atoms with Gasteiger partial charge in [0, 0.05) is 17.1 Å². The minimum atomic E-state index is -0.744. The summed E-state index contributed by atoms with van der Waals surface area (Å²) in [5, 5.41) is 30.2. The summed E-state index contributed by atoms with van der Waals surface area (Å²) < 4.78 is 8.11. The molecule has 0 aliphatic carbocycles. The predicted octanol–water partition coefficient (Wildman–Crippen LogP) is 0.694. The molecule has 1 aromatic heterocycles. The van der Waals surface area contributed by atoms with Gasteiger partial charge in [-0.1, -0.05) is 0 Å². The highest BCUT2D eigenvalue weighted by atomic mass is 32.1. The van der Waals surface area contributed by atoms with Crippen LogP contribution < -0.4 is 5.32 Å². The summed E-state index contributed by atoms with van der Waals surface area (Å²) in [7, 11) is 1.17. The van der Waals surface area contributed by atoms with E-state index in [0.717, 1.165) is 23.7 Å². The van der Waals surface area contributed by atoms with Gasteiger partial charge in [0.05, 0.1) is 7.11 Å². The number of methoxy groups -OCH3 is 1. The van der Waals surface area contributed by atoms with Crippen molar-refractivity contribution in [1.29, 1.82) is 0 Å². The number of amides is 1.